The lowest BCUT2D eigenvalue weighted by atomic mass is 9.91. The fourth-order valence-corrected chi connectivity index (χ4v) is 3.03. The number of benzene rings is 1. The number of nitrogens with zero attached hydrogens (tertiary/aromatic N) is 5. The van der Waals surface area contributed by atoms with Gasteiger partial charge in [-0.3, -0.25) is 14.5 Å². The first-order chi connectivity index (χ1) is 13.2. The lowest BCUT2D eigenvalue weighted by Gasteiger charge is -2.24. The summed E-state index contributed by atoms with van der Waals surface area (Å²) in [4.78, 5) is 30.4. The molecule has 2 heterocycles. The van der Waals surface area contributed by atoms with Crippen molar-refractivity contribution in [2.75, 3.05) is 4.90 Å². The minimum absolute atomic E-state index is 0.234. The highest BCUT2D eigenvalue weighted by Gasteiger charge is 2.25. The molecule has 28 heavy (non-hydrogen) atoms. The summed E-state index contributed by atoms with van der Waals surface area (Å²) < 4.78 is 1.58. The fourth-order valence-electron chi connectivity index (χ4n) is 3.03. The van der Waals surface area contributed by atoms with Crippen molar-refractivity contribution in [3.05, 3.63) is 48.3 Å². The molecule has 0 saturated heterocycles. The average molecular weight is 375 g/mol. The van der Waals surface area contributed by atoms with Gasteiger partial charge in [-0.25, -0.2) is 9.50 Å². The van der Waals surface area contributed by atoms with Gasteiger partial charge in [-0.05, 0) is 23.6 Å². The van der Waals surface area contributed by atoms with Gasteiger partial charge in [-0.1, -0.05) is 32.9 Å². The molecule has 0 fully saturated rings. The second-order valence-electron chi connectivity index (χ2n) is 7.77. The largest absolute Gasteiger partial charge is 0.274 e. The molecule has 0 N–H and O–H groups in total. The highest BCUT2D eigenvalue weighted by molar-refractivity contribution is 6.14. The van der Waals surface area contributed by atoms with Crippen molar-refractivity contribution in [3.63, 3.8) is 0 Å². The Bertz CT molecular complexity index is 1100. The Morgan fingerprint density at radius 2 is 2.00 bits per heavy atom. The van der Waals surface area contributed by atoms with Gasteiger partial charge in [0.2, 0.25) is 11.8 Å². The molecule has 0 spiro atoms. The van der Waals surface area contributed by atoms with E-state index in [2.05, 4.69) is 16.2 Å². The van der Waals surface area contributed by atoms with Crippen LogP contribution in [0.2, 0.25) is 0 Å². The van der Waals surface area contributed by atoms with Crippen LogP contribution in [0.15, 0.2) is 42.7 Å². The Hall–Kier alpha value is -3.53. The summed E-state index contributed by atoms with van der Waals surface area (Å²) in [6.07, 6.45) is 3.32. The average Bonchev–Trinajstić information content (AvgIpc) is 3.03. The van der Waals surface area contributed by atoms with Crippen LogP contribution in [0.25, 0.3) is 16.9 Å². The smallest absolute Gasteiger partial charge is 0.234 e. The molecule has 1 aromatic carbocycles. The zero-order valence-corrected chi connectivity index (χ0v) is 16.3. The van der Waals surface area contributed by atoms with E-state index in [1.165, 1.54) is 18.0 Å². The Morgan fingerprint density at radius 3 is 2.64 bits per heavy atom. The summed E-state index contributed by atoms with van der Waals surface area (Å²) in [6.45, 7) is 7.25. The maximum Gasteiger partial charge on any atom is 0.234 e. The Morgan fingerprint density at radius 1 is 1.25 bits per heavy atom. The number of rotatable bonds is 3. The van der Waals surface area contributed by atoms with Crippen LogP contribution in [-0.4, -0.2) is 26.4 Å². The van der Waals surface area contributed by atoms with E-state index in [1.807, 2.05) is 26.8 Å². The maximum atomic E-state index is 12.7. The number of carbonyl (C=O) groups excluding carboxylic acids is 2. The first kappa shape index (κ1) is 19.2. The first-order valence-corrected chi connectivity index (χ1v) is 8.88. The SMILES string of the molecule is CC(=O)N(C(=O)CC(C)(C)C)c1cccc(-c2ccnc3c(C#N)cnn23)c1. The second-order valence-corrected chi connectivity index (χ2v) is 7.77. The van der Waals surface area contributed by atoms with Gasteiger partial charge in [-0.2, -0.15) is 10.4 Å². The molecule has 0 radical (unpaired) electrons. The highest BCUT2D eigenvalue weighted by atomic mass is 16.2. The third-order valence-corrected chi connectivity index (χ3v) is 4.17. The molecule has 0 aliphatic rings. The van der Waals surface area contributed by atoms with E-state index >= 15 is 0 Å². The Balaban J connectivity index is 2.07. The normalized spacial score (nSPS) is 11.2. The molecule has 7 nitrogen and oxygen atoms in total. The van der Waals surface area contributed by atoms with Crippen molar-refractivity contribution in [2.24, 2.45) is 5.41 Å². The third-order valence-electron chi connectivity index (χ3n) is 4.17. The van der Waals surface area contributed by atoms with Gasteiger partial charge in [0.15, 0.2) is 5.65 Å². The Kier molecular flexibility index (Phi) is 4.97. The van der Waals surface area contributed by atoms with Crippen LogP contribution in [0, 0.1) is 16.7 Å². The van der Waals surface area contributed by atoms with Crippen LogP contribution < -0.4 is 4.90 Å². The maximum absolute atomic E-state index is 12.7. The van der Waals surface area contributed by atoms with Crippen LogP contribution in [-0.2, 0) is 9.59 Å². The molecule has 0 aliphatic carbocycles. The van der Waals surface area contributed by atoms with Gasteiger partial charge in [0.25, 0.3) is 0 Å². The number of aromatic nitrogens is 3. The van der Waals surface area contributed by atoms with Crippen molar-refractivity contribution < 1.29 is 9.59 Å². The van der Waals surface area contributed by atoms with Crippen LogP contribution in [0.5, 0.6) is 0 Å². The molecule has 0 unspecified atom stereocenters. The van der Waals surface area contributed by atoms with E-state index < -0.39 is 0 Å². The summed E-state index contributed by atoms with van der Waals surface area (Å²) in [5, 5.41) is 13.4. The quantitative estimate of drug-likeness (QED) is 0.698. The van der Waals surface area contributed by atoms with Crippen molar-refractivity contribution in [3.8, 4) is 17.3 Å². The number of fused-ring (bicyclic) bond motifs is 1. The zero-order valence-electron chi connectivity index (χ0n) is 16.3. The topological polar surface area (TPSA) is 91.4 Å². The molecule has 7 heteroatoms. The fraction of sp³-hybridized carbons (Fsp3) is 0.286. The molecule has 3 rings (SSSR count). The molecule has 2 amide bonds. The number of imide groups is 1. The zero-order chi connectivity index (χ0) is 20.5. The van der Waals surface area contributed by atoms with E-state index in [0.29, 0.717) is 22.6 Å². The summed E-state index contributed by atoms with van der Waals surface area (Å²) in [5.74, 6) is -0.583. The molecule has 2 aromatic heterocycles. The lowest BCUT2D eigenvalue weighted by molar-refractivity contribution is -0.126. The van der Waals surface area contributed by atoms with Crippen molar-refractivity contribution >= 4 is 23.1 Å². The minimum atomic E-state index is -0.336. The van der Waals surface area contributed by atoms with Crippen LogP contribution >= 0.6 is 0 Å². The van der Waals surface area contributed by atoms with E-state index in [-0.39, 0.29) is 23.7 Å². The molecule has 142 valence electrons. The van der Waals surface area contributed by atoms with Crippen molar-refractivity contribution in [1.82, 2.24) is 14.6 Å². The highest BCUT2D eigenvalue weighted by Crippen LogP contribution is 2.28. The van der Waals surface area contributed by atoms with Crippen LogP contribution in [0.3, 0.4) is 0 Å². The van der Waals surface area contributed by atoms with Gasteiger partial charge in [0, 0.05) is 25.1 Å². The summed E-state index contributed by atoms with van der Waals surface area (Å²) in [7, 11) is 0. The molecular formula is C21H21N5O2. The molecular weight excluding hydrogens is 354 g/mol. The van der Waals surface area contributed by atoms with Gasteiger partial charge >= 0.3 is 0 Å². The number of nitriles is 1. The first-order valence-electron chi connectivity index (χ1n) is 8.88. The predicted molar refractivity (Wildman–Crippen MR) is 105 cm³/mol. The number of carbonyl (C=O) groups is 2. The second kappa shape index (κ2) is 7.24. The van der Waals surface area contributed by atoms with E-state index in [0.717, 1.165) is 5.56 Å². The minimum Gasteiger partial charge on any atom is -0.274 e. The van der Waals surface area contributed by atoms with Crippen molar-refractivity contribution in [2.45, 2.75) is 34.1 Å². The summed E-state index contributed by atoms with van der Waals surface area (Å²) in [6, 6.07) is 11.0. The molecule has 0 aliphatic heterocycles. The Labute approximate surface area is 163 Å². The predicted octanol–water partition coefficient (Wildman–Crippen LogP) is 3.58. The number of hydrogen-bond acceptors (Lipinski definition) is 5. The molecule has 0 saturated carbocycles. The van der Waals surface area contributed by atoms with Gasteiger partial charge < -0.3 is 0 Å². The molecule has 3 aromatic rings. The lowest BCUT2D eigenvalue weighted by Crippen LogP contribution is -2.37. The van der Waals surface area contributed by atoms with Gasteiger partial charge in [0.1, 0.15) is 11.6 Å². The van der Waals surface area contributed by atoms with E-state index in [9.17, 15) is 14.9 Å². The standard InChI is InChI=1S/C21H21N5O2/c1-14(27)25(19(28)11-21(2,3)4)17-7-5-6-15(10-17)18-8-9-23-20-16(12-22)13-24-26(18)20/h5-10,13H,11H2,1-4H3. The number of hydrogen-bond donors (Lipinski definition) is 0. The summed E-state index contributed by atoms with van der Waals surface area (Å²) in [5.41, 5.74) is 2.56. The van der Waals surface area contributed by atoms with E-state index in [4.69, 9.17) is 0 Å². The van der Waals surface area contributed by atoms with Crippen LogP contribution in [0.4, 0.5) is 5.69 Å². The number of amides is 2. The molecule has 0 atom stereocenters. The monoisotopic (exact) mass is 375 g/mol. The molecule has 0 bridgehead atoms. The van der Waals surface area contributed by atoms with Gasteiger partial charge in [-0.15, -0.1) is 0 Å². The number of anilines is 1. The van der Waals surface area contributed by atoms with Gasteiger partial charge in [0.05, 0.1) is 17.6 Å². The van der Waals surface area contributed by atoms with Crippen molar-refractivity contribution in [1.29, 1.82) is 5.26 Å². The summed E-state index contributed by atoms with van der Waals surface area (Å²) >= 11 is 0. The third kappa shape index (κ3) is 3.76. The van der Waals surface area contributed by atoms with Crippen LogP contribution in [0.1, 0.15) is 39.7 Å². The van der Waals surface area contributed by atoms with E-state index in [1.54, 1.807) is 35.0 Å².